The van der Waals surface area contributed by atoms with Crippen LogP contribution in [0.2, 0.25) is 0 Å². The molecule has 102 heavy (non-hydrogen) atoms. The molecule has 494 valence electrons. The Hall–Kier alpha value is -13.5. The van der Waals surface area contributed by atoms with Gasteiger partial charge in [0, 0.05) is 95.6 Å². The molecule has 15 rings (SSSR count). The van der Waals surface area contributed by atoms with E-state index in [-0.39, 0.29) is 0 Å². The lowest BCUT2D eigenvalue weighted by molar-refractivity contribution is -0.686. The molecule has 0 unspecified atom stereocenters. The fourth-order valence-electron chi connectivity index (χ4n) is 12.5. The van der Waals surface area contributed by atoms with E-state index < -0.39 is 0 Å². The minimum Gasteiger partial charge on any atom is -0.489 e. The van der Waals surface area contributed by atoms with Crippen LogP contribution in [-0.4, -0.2) is 19.9 Å². The van der Waals surface area contributed by atoms with Gasteiger partial charge in [-0.1, -0.05) is 195 Å². The van der Waals surface area contributed by atoms with Gasteiger partial charge in [-0.15, -0.1) is 20.0 Å². The van der Waals surface area contributed by atoms with Crippen LogP contribution in [0, 0.1) is 0 Å². The highest BCUT2D eigenvalue weighted by Gasteiger charge is 2.26. The van der Waals surface area contributed by atoms with Crippen molar-refractivity contribution < 1.29 is 28.2 Å². The van der Waals surface area contributed by atoms with Gasteiger partial charge in [0.25, 0.3) is 0 Å². The van der Waals surface area contributed by atoms with Gasteiger partial charge in [0.15, 0.2) is 72.8 Å². The Bertz CT molecular complexity index is 4520. The largest absolute Gasteiger partial charge is 0.489 e. The van der Waals surface area contributed by atoms with Crippen LogP contribution in [0.5, 0.6) is 11.5 Å². The minimum absolute atomic E-state index is 0.302. The van der Waals surface area contributed by atoms with E-state index in [0.29, 0.717) is 39.4 Å². The minimum atomic E-state index is 0.302. The third-order valence-corrected chi connectivity index (χ3v) is 17.6. The van der Waals surface area contributed by atoms with Gasteiger partial charge in [-0.2, -0.15) is 0 Å². The van der Waals surface area contributed by atoms with Gasteiger partial charge in [-0.3, -0.25) is 0 Å². The van der Waals surface area contributed by atoms with E-state index in [9.17, 15) is 0 Å². The molecular formula is C88H74N12O2+4. The summed E-state index contributed by atoms with van der Waals surface area (Å²) in [6.07, 6.45) is 24.2. The molecule has 0 bridgehead atoms. The highest BCUT2D eigenvalue weighted by atomic mass is 16.5. The first-order chi connectivity index (χ1) is 50.5. The van der Waals surface area contributed by atoms with Crippen LogP contribution in [0.15, 0.2) is 378 Å². The smallest absolute Gasteiger partial charge is 0.200 e. The molecule has 8 aromatic heterocycles. The quantitative estimate of drug-likeness (QED) is 0.0488. The van der Waals surface area contributed by atoms with Crippen molar-refractivity contribution in [3.05, 3.63) is 411 Å². The average molecular weight is 1330 g/mol. The van der Waals surface area contributed by atoms with Gasteiger partial charge in [0.2, 0.25) is 0 Å². The van der Waals surface area contributed by atoms with Gasteiger partial charge in [-0.25, -0.2) is 19.9 Å². The molecule has 0 aliphatic carbocycles. The molecule has 0 radical (unpaired) electrons. The summed E-state index contributed by atoms with van der Waals surface area (Å²) in [4.78, 5) is 20.3. The average Bonchev–Trinajstić information content (AvgIpc) is 0.822. The molecule has 0 aliphatic rings. The monoisotopic (exact) mass is 1330 g/mol. The van der Waals surface area contributed by atoms with Crippen molar-refractivity contribution in [2.24, 2.45) is 0 Å². The zero-order valence-electron chi connectivity index (χ0n) is 56.2. The van der Waals surface area contributed by atoms with Gasteiger partial charge >= 0.3 is 0 Å². The lowest BCUT2D eigenvalue weighted by atomic mass is 10.1. The third-order valence-electron chi connectivity index (χ3n) is 17.6. The predicted molar refractivity (Wildman–Crippen MR) is 400 cm³/mol. The summed E-state index contributed by atoms with van der Waals surface area (Å²) >= 11 is 0. The van der Waals surface area contributed by atoms with Crippen molar-refractivity contribution in [1.82, 2.24) is 19.9 Å². The molecule has 0 N–H and O–H groups in total. The number of anilines is 4. The number of nitrogens with zero attached hydrogens (tertiary/aromatic N) is 12. The maximum absolute atomic E-state index is 6.97. The van der Waals surface area contributed by atoms with Crippen molar-refractivity contribution in [3.63, 3.8) is 0 Å². The number of hydrogen-bond donors (Lipinski definition) is 0. The van der Waals surface area contributed by atoms with Crippen molar-refractivity contribution in [2.45, 2.75) is 39.4 Å². The van der Waals surface area contributed by atoms with Crippen LogP contribution in [0.4, 0.5) is 23.3 Å². The molecule has 7 aromatic carbocycles. The Morgan fingerprint density at radius 2 is 0.451 bits per heavy atom. The standard InChI is InChI=1S/C88H74N12O2/c1-9-28-75(29-10-1)79-36-40-85(89-59-79)97(93-44-17-5-18-45-93)63-71-53-72(64-98(94-46-19-6-20-47-94)86-41-37-80(60-90-86)76-30-11-2-12-31-76)56-83(55-71)101-67-69-26-25-27-70(52-69)68-102-84-57-73(65-99(95-48-21-7-22-49-95)87-42-38-81(61-91-87)77-32-13-3-14-33-77)54-74(58-84)66-100(96-50-23-8-24-51-96)88-43-39-82(62-92-88)78-34-15-4-16-35-78/h1-62H,63-68H2/q+4. The van der Waals surface area contributed by atoms with Gasteiger partial charge in [0.05, 0.1) is 0 Å². The van der Waals surface area contributed by atoms with Gasteiger partial charge in [0.1, 0.15) is 50.9 Å². The van der Waals surface area contributed by atoms with Crippen LogP contribution in [0.3, 0.4) is 0 Å². The van der Waals surface area contributed by atoms with E-state index in [4.69, 9.17) is 29.4 Å². The summed E-state index contributed by atoms with van der Waals surface area (Å²) in [5, 5.41) is 8.70. The molecule has 0 amide bonds. The molecule has 15 aromatic rings. The van der Waals surface area contributed by atoms with Crippen LogP contribution in [0.25, 0.3) is 44.5 Å². The highest BCUT2D eigenvalue weighted by molar-refractivity contribution is 5.67. The maximum atomic E-state index is 6.97. The second-order valence-electron chi connectivity index (χ2n) is 24.7. The Morgan fingerprint density at radius 3 is 0.686 bits per heavy atom. The lowest BCUT2D eigenvalue weighted by Gasteiger charge is -2.21. The zero-order valence-corrected chi connectivity index (χ0v) is 56.2. The zero-order chi connectivity index (χ0) is 68.5. The molecule has 0 spiro atoms. The summed E-state index contributed by atoms with van der Waals surface area (Å²) < 4.78 is 22.3. The Kier molecular flexibility index (Phi) is 19.9. The molecule has 8 heterocycles. The SMILES string of the molecule is c1ccc(-c2ccc(N(Cc3cc(CN(c4ccc(-c5ccccc5)cn4)[n+]4ccccc4)cc(OCc4cccc(COc5cc(CN(c6ccc(-c7ccccc7)cn6)[n+]6ccccc6)cc(CN(c6ccc(-c7ccccc7)cn6)[n+]6ccccc6)c5)c4)c3)[n+]3ccccc3)nc2)cc1. The summed E-state index contributed by atoms with van der Waals surface area (Å²) in [6.45, 7) is 2.49. The normalized spacial score (nSPS) is 11.0. The van der Waals surface area contributed by atoms with E-state index in [0.717, 1.165) is 113 Å². The molecule has 0 atom stereocenters. The van der Waals surface area contributed by atoms with Gasteiger partial charge < -0.3 is 9.47 Å². The Labute approximate surface area is 594 Å². The van der Waals surface area contributed by atoms with Crippen LogP contribution in [0.1, 0.15) is 33.4 Å². The van der Waals surface area contributed by atoms with E-state index in [1.807, 2.05) is 171 Å². The molecule has 14 heteroatoms. The first-order valence-corrected chi connectivity index (χ1v) is 34.1. The molecule has 0 fully saturated rings. The first kappa shape index (κ1) is 64.5. The summed E-state index contributed by atoms with van der Waals surface area (Å²) in [7, 11) is 0. The van der Waals surface area contributed by atoms with Crippen molar-refractivity contribution in [3.8, 4) is 56.0 Å². The van der Waals surface area contributed by atoms with Gasteiger partial charge in [-0.05, 0) is 134 Å². The van der Waals surface area contributed by atoms with Crippen LogP contribution >= 0.6 is 0 Å². The van der Waals surface area contributed by atoms with E-state index in [1.165, 1.54) is 0 Å². The second kappa shape index (κ2) is 31.4. The van der Waals surface area contributed by atoms with E-state index in [2.05, 4.69) is 245 Å². The van der Waals surface area contributed by atoms with Crippen molar-refractivity contribution in [2.75, 3.05) is 20.0 Å². The molecule has 0 aliphatic heterocycles. The number of hydrogen-bond acceptors (Lipinski definition) is 10. The van der Waals surface area contributed by atoms with Crippen molar-refractivity contribution in [1.29, 1.82) is 0 Å². The second-order valence-corrected chi connectivity index (χ2v) is 24.7. The summed E-state index contributed by atoms with van der Waals surface area (Å²) in [6, 6.07) is 104. The number of benzene rings is 7. The number of pyridine rings is 8. The summed E-state index contributed by atoms with van der Waals surface area (Å²) in [5.41, 5.74) is 14.7. The number of ether oxygens (including phenoxy) is 2. The lowest BCUT2D eigenvalue weighted by Crippen LogP contribution is -2.54. The fourth-order valence-corrected chi connectivity index (χ4v) is 12.5. The van der Waals surface area contributed by atoms with E-state index in [1.54, 1.807) is 0 Å². The Balaban J connectivity index is 0.737. The highest BCUT2D eigenvalue weighted by Crippen LogP contribution is 2.30. The van der Waals surface area contributed by atoms with Crippen LogP contribution < -0.4 is 48.2 Å². The molecular weight excluding hydrogens is 1260 g/mol. The molecule has 0 saturated heterocycles. The first-order valence-electron chi connectivity index (χ1n) is 34.1. The Morgan fingerprint density at radius 1 is 0.216 bits per heavy atom. The molecule has 14 nitrogen and oxygen atoms in total. The number of rotatable bonds is 26. The predicted octanol–water partition coefficient (Wildman–Crippen LogP) is 16.1. The third kappa shape index (κ3) is 16.1. The van der Waals surface area contributed by atoms with Crippen molar-refractivity contribution >= 4 is 23.3 Å². The number of aromatic nitrogens is 8. The summed E-state index contributed by atoms with van der Waals surface area (Å²) in [5.74, 6) is 4.59. The van der Waals surface area contributed by atoms with E-state index >= 15 is 0 Å². The topological polar surface area (TPSA) is 98.5 Å². The fraction of sp³-hybridized carbons (Fsp3) is 0.0682. The van der Waals surface area contributed by atoms with Crippen LogP contribution in [-0.2, 0) is 39.4 Å². The maximum Gasteiger partial charge on any atom is 0.200 e. The molecule has 0 saturated carbocycles.